The smallest absolute Gasteiger partial charge is 0.257 e. The molecule has 2 aromatic carbocycles. The van der Waals surface area contributed by atoms with Crippen molar-refractivity contribution in [1.29, 1.82) is 0 Å². The maximum atomic E-state index is 12.9. The van der Waals surface area contributed by atoms with Gasteiger partial charge >= 0.3 is 0 Å². The van der Waals surface area contributed by atoms with Crippen LogP contribution in [0, 0.1) is 0 Å². The lowest BCUT2D eigenvalue weighted by atomic mass is 10.1. The SMILES string of the molecule is CCc1noc(-c2ccc3c(c2)N(Cc2ccc(Cl)cc2)C[C@@H](N)CS3(=O)=O)n1. The Bertz CT molecular complexity index is 1130. The molecule has 0 aliphatic carbocycles. The van der Waals surface area contributed by atoms with Gasteiger partial charge < -0.3 is 15.2 Å². The molecule has 1 aliphatic rings. The van der Waals surface area contributed by atoms with Crippen molar-refractivity contribution in [2.45, 2.75) is 30.8 Å². The fourth-order valence-electron chi connectivity index (χ4n) is 3.44. The van der Waals surface area contributed by atoms with Gasteiger partial charge in [0.15, 0.2) is 15.7 Å². The maximum Gasteiger partial charge on any atom is 0.257 e. The molecule has 1 atom stereocenters. The van der Waals surface area contributed by atoms with Gasteiger partial charge in [-0.2, -0.15) is 4.98 Å². The summed E-state index contributed by atoms with van der Waals surface area (Å²) in [7, 11) is -3.51. The molecule has 1 aromatic heterocycles. The first-order valence-electron chi connectivity index (χ1n) is 9.30. The van der Waals surface area contributed by atoms with Crippen molar-refractivity contribution >= 4 is 27.1 Å². The highest BCUT2D eigenvalue weighted by molar-refractivity contribution is 7.91. The van der Waals surface area contributed by atoms with Crippen LogP contribution in [-0.2, 0) is 22.8 Å². The number of sulfone groups is 1. The van der Waals surface area contributed by atoms with E-state index < -0.39 is 15.9 Å². The third-order valence-electron chi connectivity index (χ3n) is 4.84. The molecule has 29 heavy (non-hydrogen) atoms. The van der Waals surface area contributed by atoms with Crippen molar-refractivity contribution in [1.82, 2.24) is 10.1 Å². The molecular weight excluding hydrogens is 412 g/mol. The molecule has 2 heterocycles. The van der Waals surface area contributed by atoms with Crippen LogP contribution in [0.25, 0.3) is 11.5 Å². The second-order valence-corrected chi connectivity index (χ2v) is 9.54. The molecule has 3 aromatic rings. The van der Waals surface area contributed by atoms with Crippen LogP contribution in [0.4, 0.5) is 5.69 Å². The lowest BCUT2D eigenvalue weighted by Crippen LogP contribution is -2.39. The minimum atomic E-state index is -3.51. The second-order valence-electron chi connectivity index (χ2n) is 7.10. The molecule has 0 unspecified atom stereocenters. The number of aryl methyl sites for hydroxylation is 1. The summed E-state index contributed by atoms with van der Waals surface area (Å²) < 4.78 is 31.1. The highest BCUT2D eigenvalue weighted by Crippen LogP contribution is 2.34. The maximum absolute atomic E-state index is 12.9. The Labute approximate surface area is 174 Å². The van der Waals surface area contributed by atoms with Crippen LogP contribution < -0.4 is 10.6 Å². The van der Waals surface area contributed by atoms with Gasteiger partial charge in [0.2, 0.25) is 0 Å². The molecule has 0 saturated heterocycles. The van der Waals surface area contributed by atoms with E-state index in [2.05, 4.69) is 10.1 Å². The number of fused-ring (bicyclic) bond motifs is 1. The number of hydrogen-bond acceptors (Lipinski definition) is 7. The van der Waals surface area contributed by atoms with Gasteiger partial charge in [-0.3, -0.25) is 0 Å². The lowest BCUT2D eigenvalue weighted by molar-refractivity contribution is 0.423. The summed E-state index contributed by atoms with van der Waals surface area (Å²) >= 11 is 5.99. The normalized spacial score (nSPS) is 18.3. The highest BCUT2D eigenvalue weighted by atomic mass is 35.5. The minimum absolute atomic E-state index is 0.100. The lowest BCUT2D eigenvalue weighted by Gasteiger charge is -2.26. The summed E-state index contributed by atoms with van der Waals surface area (Å²) in [6.45, 7) is 2.84. The number of nitrogens with two attached hydrogens (primary N) is 1. The quantitative estimate of drug-likeness (QED) is 0.675. The number of rotatable bonds is 4. The van der Waals surface area contributed by atoms with Gasteiger partial charge in [0.05, 0.1) is 16.3 Å². The molecule has 9 heteroatoms. The number of halogens is 1. The van der Waals surface area contributed by atoms with Crippen LogP contribution in [0.3, 0.4) is 0 Å². The summed E-state index contributed by atoms with van der Waals surface area (Å²) in [5, 5.41) is 4.57. The molecule has 0 spiro atoms. The van der Waals surface area contributed by atoms with Gasteiger partial charge in [-0.25, -0.2) is 8.42 Å². The number of anilines is 1. The fourth-order valence-corrected chi connectivity index (χ4v) is 5.20. The van der Waals surface area contributed by atoms with Gasteiger partial charge in [0.1, 0.15) is 0 Å². The summed E-state index contributed by atoms with van der Waals surface area (Å²) in [5.41, 5.74) is 8.40. The van der Waals surface area contributed by atoms with E-state index in [4.69, 9.17) is 21.9 Å². The molecule has 7 nitrogen and oxygen atoms in total. The van der Waals surface area contributed by atoms with Crippen molar-refractivity contribution in [3.8, 4) is 11.5 Å². The first kappa shape index (κ1) is 19.9. The zero-order chi connectivity index (χ0) is 20.6. The molecule has 0 radical (unpaired) electrons. The summed E-state index contributed by atoms with van der Waals surface area (Å²) in [5.74, 6) is 0.862. The van der Waals surface area contributed by atoms with Crippen molar-refractivity contribution < 1.29 is 12.9 Å². The molecule has 2 N–H and O–H groups in total. The Morgan fingerprint density at radius 1 is 1.24 bits per heavy atom. The van der Waals surface area contributed by atoms with Gasteiger partial charge in [0, 0.05) is 36.1 Å². The number of benzene rings is 2. The van der Waals surface area contributed by atoms with Crippen LogP contribution in [0.15, 0.2) is 51.9 Å². The van der Waals surface area contributed by atoms with E-state index in [0.717, 1.165) is 5.56 Å². The molecule has 152 valence electrons. The Balaban J connectivity index is 1.79. The molecule has 0 amide bonds. The van der Waals surface area contributed by atoms with E-state index in [1.54, 1.807) is 18.2 Å². The summed E-state index contributed by atoms with van der Waals surface area (Å²) in [6.07, 6.45) is 0.653. The number of aromatic nitrogens is 2. The van der Waals surface area contributed by atoms with Crippen LogP contribution in [0.5, 0.6) is 0 Å². The Morgan fingerprint density at radius 2 is 2.00 bits per heavy atom. The second kappa shape index (κ2) is 7.78. The molecule has 1 aliphatic heterocycles. The van der Waals surface area contributed by atoms with Crippen LogP contribution >= 0.6 is 11.6 Å². The van der Waals surface area contributed by atoms with E-state index in [-0.39, 0.29) is 10.6 Å². The molecular formula is C20H21ClN4O3S. The number of nitrogens with zero attached hydrogens (tertiary/aromatic N) is 3. The largest absolute Gasteiger partial charge is 0.365 e. The zero-order valence-corrected chi connectivity index (χ0v) is 17.4. The topological polar surface area (TPSA) is 102 Å². The fraction of sp³-hybridized carbons (Fsp3) is 0.300. The van der Waals surface area contributed by atoms with Crippen LogP contribution in [-0.4, -0.2) is 36.9 Å². The minimum Gasteiger partial charge on any atom is -0.365 e. The molecule has 0 fully saturated rings. The first-order valence-corrected chi connectivity index (χ1v) is 11.3. The van der Waals surface area contributed by atoms with Crippen molar-refractivity contribution in [3.05, 3.63) is 58.9 Å². The van der Waals surface area contributed by atoms with Crippen LogP contribution in [0.2, 0.25) is 5.02 Å². The average Bonchev–Trinajstić information content (AvgIpc) is 3.14. The van der Waals surface area contributed by atoms with Crippen molar-refractivity contribution in [2.75, 3.05) is 17.2 Å². The molecule has 0 bridgehead atoms. The Hall–Kier alpha value is -2.42. The van der Waals surface area contributed by atoms with E-state index in [1.807, 2.05) is 36.1 Å². The van der Waals surface area contributed by atoms with E-state index in [0.29, 0.717) is 47.5 Å². The van der Waals surface area contributed by atoms with E-state index >= 15 is 0 Å². The first-order chi connectivity index (χ1) is 13.9. The van der Waals surface area contributed by atoms with E-state index in [1.165, 1.54) is 0 Å². The highest BCUT2D eigenvalue weighted by Gasteiger charge is 2.30. The van der Waals surface area contributed by atoms with Crippen molar-refractivity contribution in [3.63, 3.8) is 0 Å². The molecule has 4 rings (SSSR count). The zero-order valence-electron chi connectivity index (χ0n) is 15.9. The number of hydrogen-bond donors (Lipinski definition) is 1. The summed E-state index contributed by atoms with van der Waals surface area (Å²) in [4.78, 5) is 6.60. The Kier molecular flexibility index (Phi) is 5.33. The van der Waals surface area contributed by atoms with Gasteiger partial charge in [0.25, 0.3) is 5.89 Å². The standard InChI is InChI=1S/C20H21ClN4O3S/c1-2-19-23-20(28-24-19)14-5-8-18-17(9-14)25(11-16(22)12-29(18,26)27)10-13-3-6-15(21)7-4-13/h3-9,16H,2,10-12,22H2,1H3/t16-/m1/s1. The van der Waals surface area contributed by atoms with Gasteiger partial charge in [-0.05, 0) is 35.9 Å². The third-order valence-corrected chi connectivity index (χ3v) is 6.98. The molecule has 0 saturated carbocycles. The predicted molar refractivity (Wildman–Crippen MR) is 112 cm³/mol. The third kappa shape index (κ3) is 4.14. The van der Waals surface area contributed by atoms with Gasteiger partial charge in [-0.1, -0.05) is 35.8 Å². The van der Waals surface area contributed by atoms with E-state index in [9.17, 15) is 8.42 Å². The average molecular weight is 433 g/mol. The Morgan fingerprint density at radius 3 is 2.69 bits per heavy atom. The van der Waals surface area contributed by atoms with Gasteiger partial charge in [-0.15, -0.1) is 0 Å². The van der Waals surface area contributed by atoms with Crippen molar-refractivity contribution in [2.24, 2.45) is 5.73 Å². The summed E-state index contributed by atoms with van der Waals surface area (Å²) in [6, 6.07) is 12.0. The predicted octanol–water partition coefficient (Wildman–Crippen LogP) is 3.07. The monoisotopic (exact) mass is 432 g/mol. The van der Waals surface area contributed by atoms with Crippen LogP contribution in [0.1, 0.15) is 18.3 Å².